The molecule has 2 aromatic heterocycles. The summed E-state index contributed by atoms with van der Waals surface area (Å²) in [5.41, 5.74) is 17.5. The molecule has 0 spiro atoms. The molecule has 0 aliphatic carbocycles. The van der Waals surface area contributed by atoms with Gasteiger partial charge in [0.25, 0.3) is 0 Å². The Kier molecular flexibility index (Phi) is 9.39. The van der Waals surface area contributed by atoms with Crippen LogP contribution in [-0.4, -0.2) is 0 Å². The first kappa shape index (κ1) is 39.5. The Morgan fingerprint density at radius 2 is 0.672 bits per heavy atom. The van der Waals surface area contributed by atoms with Gasteiger partial charge in [-0.3, -0.25) is 0 Å². The molecule has 0 N–H and O–H groups in total. The molecule has 0 bridgehead atoms. The minimum atomic E-state index is 0.444. The van der Waals surface area contributed by atoms with Crippen molar-refractivity contribution in [2.24, 2.45) is 0 Å². The molecule has 2 heterocycles. The number of hydrogen-bond donors (Lipinski definition) is 0. The largest absolute Gasteiger partial charge is 0.456 e. The van der Waals surface area contributed by atoms with E-state index in [1.165, 1.54) is 33.4 Å². The second-order valence-corrected chi connectivity index (χ2v) is 18.5. The van der Waals surface area contributed by atoms with Crippen molar-refractivity contribution in [2.75, 3.05) is 9.80 Å². The van der Waals surface area contributed by atoms with Crippen molar-refractivity contribution in [3.63, 3.8) is 0 Å². The van der Waals surface area contributed by atoms with Crippen molar-refractivity contribution < 1.29 is 8.83 Å². The minimum Gasteiger partial charge on any atom is -0.456 e. The Bertz CT molecular complexity index is 3320. The van der Waals surface area contributed by atoms with E-state index in [4.69, 9.17) is 8.83 Å². The Balaban J connectivity index is 1.14. The van der Waals surface area contributed by atoms with E-state index < -0.39 is 0 Å². The molecule has 9 aromatic carbocycles. The fraction of sp³-hybridized carbons (Fsp3) is 0.167. The molecule has 11 rings (SSSR count). The summed E-state index contributed by atoms with van der Waals surface area (Å²) in [7, 11) is 0. The Morgan fingerprint density at radius 1 is 0.328 bits per heavy atom. The lowest BCUT2D eigenvalue weighted by molar-refractivity contribution is 0.664. The predicted octanol–water partition coefficient (Wildman–Crippen LogP) is 18.2. The van der Waals surface area contributed by atoms with E-state index in [-0.39, 0.29) is 0 Å². The van der Waals surface area contributed by atoms with Crippen molar-refractivity contribution in [3.05, 3.63) is 191 Å². The molecule has 4 heteroatoms. The Hall–Kier alpha value is -7.30. The lowest BCUT2D eigenvalue weighted by Crippen LogP contribution is -2.11. The van der Waals surface area contributed by atoms with Gasteiger partial charge >= 0.3 is 0 Å². The first-order valence-electron chi connectivity index (χ1n) is 22.6. The summed E-state index contributed by atoms with van der Waals surface area (Å²) in [4.78, 5) is 4.78. The van der Waals surface area contributed by atoms with Gasteiger partial charge in [-0.25, -0.2) is 0 Å². The summed E-state index contributed by atoms with van der Waals surface area (Å²) >= 11 is 0. The fourth-order valence-corrected chi connectivity index (χ4v) is 10.1. The van der Waals surface area contributed by atoms with Gasteiger partial charge in [-0.05, 0) is 144 Å². The van der Waals surface area contributed by atoms with Crippen molar-refractivity contribution in [3.8, 4) is 0 Å². The number of hydrogen-bond acceptors (Lipinski definition) is 4. The number of rotatable bonds is 8. The molecule has 0 fully saturated rings. The highest BCUT2D eigenvalue weighted by Crippen LogP contribution is 2.49. The summed E-state index contributed by atoms with van der Waals surface area (Å²) in [5.74, 6) is 0.887. The van der Waals surface area contributed by atoms with Gasteiger partial charge in [-0.15, -0.1) is 0 Å². The third-order valence-corrected chi connectivity index (χ3v) is 13.1. The summed E-state index contributed by atoms with van der Waals surface area (Å²) < 4.78 is 14.0. The lowest BCUT2D eigenvalue weighted by atomic mass is 9.98. The monoisotopic (exact) mass is 832 g/mol. The van der Waals surface area contributed by atoms with Crippen LogP contribution in [0.3, 0.4) is 0 Å². The molecule has 4 nitrogen and oxygen atoms in total. The molecular weight excluding hydrogens is 781 g/mol. The van der Waals surface area contributed by atoms with Crippen LogP contribution in [0.5, 0.6) is 0 Å². The van der Waals surface area contributed by atoms with Gasteiger partial charge in [0, 0.05) is 67.2 Å². The zero-order valence-corrected chi connectivity index (χ0v) is 37.9. The molecule has 0 aliphatic heterocycles. The van der Waals surface area contributed by atoms with Crippen molar-refractivity contribution in [1.82, 2.24) is 0 Å². The number of fused-ring (bicyclic) bond motifs is 10. The number of anilines is 6. The maximum atomic E-state index is 7.01. The van der Waals surface area contributed by atoms with Crippen molar-refractivity contribution in [2.45, 2.75) is 67.2 Å². The zero-order chi connectivity index (χ0) is 44.0. The molecule has 0 radical (unpaired) electrons. The molecule has 0 saturated heterocycles. The normalized spacial score (nSPS) is 12.0. The predicted molar refractivity (Wildman–Crippen MR) is 273 cm³/mol. The molecule has 0 aliphatic rings. The van der Waals surface area contributed by atoms with Gasteiger partial charge in [0.1, 0.15) is 22.3 Å². The summed E-state index contributed by atoms with van der Waals surface area (Å²) in [5, 5.41) is 8.82. The standard InChI is InChI=1S/C60H52N2O2/c1-35(2)41-17-21-43(22-18-41)61(45-27-37(5)25-38(6)28-45)53-33-57-59(49-15-11-9-13-47(49)53)51-31-56-52(32-55(51)63-57)60-50-16-12-10-14-48(50)54(34-58(60)64-56)62(46-29-39(7)26-40(8)30-46)44-23-19-42(20-24-44)36(3)4/h9-36H,1-8H3. The van der Waals surface area contributed by atoms with Gasteiger partial charge in [-0.2, -0.15) is 0 Å². The smallest absolute Gasteiger partial charge is 0.138 e. The van der Waals surface area contributed by atoms with Gasteiger partial charge in [0.15, 0.2) is 0 Å². The maximum absolute atomic E-state index is 7.01. The molecule has 0 atom stereocenters. The number of aryl methyl sites for hydroxylation is 4. The van der Waals surface area contributed by atoms with E-state index in [0.717, 1.165) is 99.5 Å². The van der Waals surface area contributed by atoms with Crippen LogP contribution in [0.4, 0.5) is 34.1 Å². The summed E-state index contributed by atoms with van der Waals surface area (Å²) in [6.45, 7) is 17.7. The molecule has 314 valence electrons. The van der Waals surface area contributed by atoms with E-state index in [1.807, 2.05) is 0 Å². The lowest BCUT2D eigenvalue weighted by Gasteiger charge is -2.28. The number of furan rings is 2. The topological polar surface area (TPSA) is 32.8 Å². The van der Waals surface area contributed by atoms with Crippen LogP contribution in [0.1, 0.15) is 72.9 Å². The van der Waals surface area contributed by atoms with Gasteiger partial charge in [0.2, 0.25) is 0 Å². The van der Waals surface area contributed by atoms with Gasteiger partial charge < -0.3 is 18.6 Å². The van der Waals surface area contributed by atoms with Crippen LogP contribution in [0.2, 0.25) is 0 Å². The Morgan fingerprint density at radius 3 is 1.02 bits per heavy atom. The van der Waals surface area contributed by atoms with E-state index in [9.17, 15) is 0 Å². The summed E-state index contributed by atoms with van der Waals surface area (Å²) in [6.07, 6.45) is 0. The van der Waals surface area contributed by atoms with E-state index >= 15 is 0 Å². The number of benzene rings is 9. The SMILES string of the molecule is Cc1cc(C)cc(N(c2ccc(C(C)C)cc2)c2cc3oc4cc5c(cc4c3c3ccccc23)oc2cc(N(c3ccc(C(C)C)cc3)c3cc(C)cc(C)c3)c3ccccc3c25)c1. The second-order valence-electron chi connectivity index (χ2n) is 18.5. The van der Waals surface area contributed by atoms with Crippen LogP contribution in [0, 0.1) is 27.7 Å². The molecule has 0 unspecified atom stereocenters. The minimum absolute atomic E-state index is 0.444. The average molecular weight is 833 g/mol. The molecule has 64 heavy (non-hydrogen) atoms. The average Bonchev–Trinajstić information content (AvgIpc) is 3.82. The third-order valence-electron chi connectivity index (χ3n) is 13.1. The molecular formula is C60H52N2O2. The van der Waals surface area contributed by atoms with Crippen LogP contribution in [0.15, 0.2) is 167 Å². The third kappa shape index (κ3) is 6.59. The fourth-order valence-electron chi connectivity index (χ4n) is 10.1. The van der Waals surface area contributed by atoms with Gasteiger partial charge in [0.05, 0.1) is 11.4 Å². The van der Waals surface area contributed by atoms with Crippen LogP contribution >= 0.6 is 0 Å². The molecule has 11 aromatic rings. The van der Waals surface area contributed by atoms with Crippen LogP contribution in [0.25, 0.3) is 65.4 Å². The van der Waals surface area contributed by atoms with E-state index in [2.05, 4.69) is 223 Å². The highest BCUT2D eigenvalue weighted by Gasteiger charge is 2.25. The van der Waals surface area contributed by atoms with Crippen molar-refractivity contribution >= 4 is 99.5 Å². The number of nitrogens with zero attached hydrogens (tertiary/aromatic N) is 2. The summed E-state index contributed by atoms with van der Waals surface area (Å²) in [6, 6.07) is 58.0. The van der Waals surface area contributed by atoms with Crippen LogP contribution < -0.4 is 9.80 Å². The molecule has 0 amide bonds. The quantitative estimate of drug-likeness (QED) is 0.153. The van der Waals surface area contributed by atoms with Gasteiger partial charge in [-0.1, -0.05) is 113 Å². The van der Waals surface area contributed by atoms with E-state index in [0.29, 0.717) is 11.8 Å². The van der Waals surface area contributed by atoms with Crippen molar-refractivity contribution in [1.29, 1.82) is 0 Å². The first-order valence-corrected chi connectivity index (χ1v) is 22.6. The van der Waals surface area contributed by atoms with E-state index in [1.54, 1.807) is 0 Å². The second kappa shape index (κ2) is 15.2. The Labute approximate surface area is 375 Å². The highest BCUT2D eigenvalue weighted by atomic mass is 16.3. The van der Waals surface area contributed by atoms with Crippen LogP contribution in [-0.2, 0) is 0 Å². The first-order chi connectivity index (χ1) is 31.0. The molecule has 0 saturated carbocycles. The maximum Gasteiger partial charge on any atom is 0.138 e. The zero-order valence-electron chi connectivity index (χ0n) is 37.9. The highest BCUT2D eigenvalue weighted by molar-refractivity contribution is 6.28.